The second-order valence-electron chi connectivity index (χ2n) is 4.43. The molecule has 5 heteroatoms. The van der Waals surface area contributed by atoms with E-state index in [1.54, 1.807) is 12.5 Å². The number of carbonyl (C=O) groups excluding carboxylic acids is 1. The molecule has 0 aliphatic carbocycles. The molecule has 2 N–H and O–H groups in total. The highest BCUT2D eigenvalue weighted by molar-refractivity contribution is 5.80. The molecule has 5 nitrogen and oxygen atoms in total. The van der Waals surface area contributed by atoms with Crippen molar-refractivity contribution in [3.8, 4) is 0 Å². The Morgan fingerprint density at radius 1 is 1.44 bits per heavy atom. The van der Waals surface area contributed by atoms with Crippen molar-refractivity contribution < 1.29 is 4.79 Å². The van der Waals surface area contributed by atoms with Crippen molar-refractivity contribution in [2.24, 2.45) is 5.73 Å². The number of hydrogen-bond acceptors (Lipinski definition) is 3. The second kappa shape index (κ2) is 6.54. The third kappa shape index (κ3) is 2.90. The fourth-order valence-corrected chi connectivity index (χ4v) is 2.05. The van der Waals surface area contributed by atoms with Gasteiger partial charge in [-0.3, -0.25) is 4.79 Å². The van der Waals surface area contributed by atoms with Crippen molar-refractivity contribution >= 4 is 5.91 Å². The number of nitrogens with two attached hydrogens (primary N) is 1. The van der Waals surface area contributed by atoms with Crippen LogP contribution in [0, 0.1) is 0 Å². The van der Waals surface area contributed by atoms with Crippen LogP contribution in [0.4, 0.5) is 0 Å². The van der Waals surface area contributed by atoms with Crippen LogP contribution in [0.2, 0.25) is 0 Å². The summed E-state index contributed by atoms with van der Waals surface area (Å²) in [5.41, 5.74) is 6.95. The summed E-state index contributed by atoms with van der Waals surface area (Å²) in [5, 5.41) is 0. The standard InChI is InChI=1S/C13H24N4O/c1-5-11(14)12-8-15-9-17(12)10(4)13(18)16(6-2)7-3/h8-11H,5-7,14H2,1-4H3/t10?,11-/m1/s1. The Labute approximate surface area is 109 Å². The van der Waals surface area contributed by atoms with E-state index >= 15 is 0 Å². The highest BCUT2D eigenvalue weighted by Crippen LogP contribution is 2.19. The number of imidazole rings is 1. The van der Waals surface area contributed by atoms with Gasteiger partial charge in [0.1, 0.15) is 6.04 Å². The number of nitrogens with zero attached hydrogens (tertiary/aromatic N) is 3. The normalized spacial score (nSPS) is 14.3. The van der Waals surface area contributed by atoms with E-state index in [4.69, 9.17) is 5.73 Å². The van der Waals surface area contributed by atoms with Crippen LogP contribution >= 0.6 is 0 Å². The largest absolute Gasteiger partial charge is 0.341 e. The summed E-state index contributed by atoms with van der Waals surface area (Å²) in [7, 11) is 0. The lowest BCUT2D eigenvalue weighted by atomic mass is 10.1. The maximum atomic E-state index is 12.3. The zero-order valence-corrected chi connectivity index (χ0v) is 11.8. The van der Waals surface area contributed by atoms with E-state index in [1.807, 2.05) is 37.2 Å². The van der Waals surface area contributed by atoms with Crippen molar-refractivity contribution in [3.05, 3.63) is 18.2 Å². The van der Waals surface area contributed by atoms with E-state index in [-0.39, 0.29) is 18.0 Å². The van der Waals surface area contributed by atoms with Gasteiger partial charge in [0, 0.05) is 25.3 Å². The van der Waals surface area contributed by atoms with Gasteiger partial charge in [0.15, 0.2) is 0 Å². The van der Waals surface area contributed by atoms with Crippen LogP contribution in [0.1, 0.15) is 51.9 Å². The molecule has 0 spiro atoms. The average Bonchev–Trinajstić information content (AvgIpc) is 2.87. The Balaban J connectivity index is 2.93. The van der Waals surface area contributed by atoms with Crippen LogP contribution in [-0.4, -0.2) is 33.4 Å². The summed E-state index contributed by atoms with van der Waals surface area (Å²) < 4.78 is 1.88. The molecule has 18 heavy (non-hydrogen) atoms. The molecule has 0 radical (unpaired) electrons. The highest BCUT2D eigenvalue weighted by Gasteiger charge is 2.22. The molecule has 2 atom stereocenters. The quantitative estimate of drug-likeness (QED) is 0.838. The predicted octanol–water partition coefficient (Wildman–Crippen LogP) is 1.72. The van der Waals surface area contributed by atoms with Crippen LogP contribution in [-0.2, 0) is 4.79 Å². The molecule has 1 heterocycles. The summed E-state index contributed by atoms with van der Waals surface area (Å²) in [6, 6.07) is -0.320. The maximum Gasteiger partial charge on any atom is 0.245 e. The van der Waals surface area contributed by atoms with Gasteiger partial charge in [-0.2, -0.15) is 0 Å². The molecule has 0 fully saturated rings. The molecule has 0 saturated carbocycles. The van der Waals surface area contributed by atoms with Gasteiger partial charge in [-0.05, 0) is 27.2 Å². The second-order valence-corrected chi connectivity index (χ2v) is 4.43. The Morgan fingerprint density at radius 3 is 2.56 bits per heavy atom. The van der Waals surface area contributed by atoms with Gasteiger partial charge in [0.2, 0.25) is 5.91 Å². The number of carbonyl (C=O) groups is 1. The summed E-state index contributed by atoms with van der Waals surface area (Å²) >= 11 is 0. The fourth-order valence-electron chi connectivity index (χ4n) is 2.05. The minimum absolute atomic E-state index is 0.0700. The maximum absolute atomic E-state index is 12.3. The van der Waals surface area contributed by atoms with Gasteiger partial charge in [-0.25, -0.2) is 4.98 Å². The Bertz CT molecular complexity index is 384. The molecule has 0 aliphatic rings. The van der Waals surface area contributed by atoms with Crippen molar-refractivity contribution in [3.63, 3.8) is 0 Å². The molecule has 1 amide bonds. The molecule has 0 aliphatic heterocycles. The van der Waals surface area contributed by atoms with Gasteiger partial charge in [-0.15, -0.1) is 0 Å². The van der Waals surface area contributed by atoms with E-state index in [2.05, 4.69) is 4.98 Å². The lowest BCUT2D eigenvalue weighted by Crippen LogP contribution is -2.36. The van der Waals surface area contributed by atoms with Crippen molar-refractivity contribution in [2.45, 2.75) is 46.2 Å². The first-order chi connectivity index (χ1) is 8.56. The summed E-state index contributed by atoms with van der Waals surface area (Å²) in [4.78, 5) is 18.2. The molecule has 1 aromatic heterocycles. The molecule has 1 unspecified atom stereocenters. The van der Waals surface area contributed by atoms with Crippen molar-refractivity contribution in [2.75, 3.05) is 13.1 Å². The zero-order valence-electron chi connectivity index (χ0n) is 11.8. The van der Waals surface area contributed by atoms with Gasteiger partial charge < -0.3 is 15.2 Å². The first-order valence-electron chi connectivity index (χ1n) is 6.62. The van der Waals surface area contributed by atoms with Crippen LogP contribution in [0.5, 0.6) is 0 Å². The van der Waals surface area contributed by atoms with Crippen LogP contribution in [0.15, 0.2) is 12.5 Å². The first kappa shape index (κ1) is 14.7. The SMILES string of the molecule is CC[C@@H](N)c1cncn1C(C)C(=O)N(CC)CC. The fraction of sp³-hybridized carbons (Fsp3) is 0.692. The highest BCUT2D eigenvalue weighted by atomic mass is 16.2. The van der Waals surface area contributed by atoms with Crippen molar-refractivity contribution in [1.82, 2.24) is 14.5 Å². The molecule has 102 valence electrons. The van der Waals surface area contributed by atoms with Gasteiger partial charge in [-0.1, -0.05) is 6.92 Å². The Hall–Kier alpha value is -1.36. The number of hydrogen-bond donors (Lipinski definition) is 1. The van der Waals surface area contributed by atoms with E-state index in [0.717, 1.165) is 25.2 Å². The minimum atomic E-state index is -0.250. The molecular formula is C13H24N4O. The smallest absolute Gasteiger partial charge is 0.245 e. The van der Waals surface area contributed by atoms with Crippen LogP contribution in [0.25, 0.3) is 0 Å². The van der Waals surface area contributed by atoms with Gasteiger partial charge in [0.05, 0.1) is 12.0 Å². The Kier molecular flexibility index (Phi) is 5.34. The molecule has 0 aromatic carbocycles. The lowest BCUT2D eigenvalue weighted by Gasteiger charge is -2.25. The van der Waals surface area contributed by atoms with E-state index in [0.29, 0.717) is 0 Å². The monoisotopic (exact) mass is 252 g/mol. The summed E-state index contributed by atoms with van der Waals surface area (Å²) in [6.45, 7) is 9.35. The number of amides is 1. The number of aromatic nitrogens is 2. The van der Waals surface area contributed by atoms with Gasteiger partial charge >= 0.3 is 0 Å². The molecule has 0 bridgehead atoms. The summed E-state index contributed by atoms with van der Waals surface area (Å²) in [5.74, 6) is 0.113. The van der Waals surface area contributed by atoms with E-state index in [9.17, 15) is 4.79 Å². The third-order valence-corrected chi connectivity index (χ3v) is 3.37. The van der Waals surface area contributed by atoms with E-state index < -0.39 is 0 Å². The van der Waals surface area contributed by atoms with Crippen LogP contribution in [0.3, 0.4) is 0 Å². The third-order valence-electron chi connectivity index (χ3n) is 3.37. The van der Waals surface area contributed by atoms with Gasteiger partial charge in [0.25, 0.3) is 0 Å². The minimum Gasteiger partial charge on any atom is -0.341 e. The Morgan fingerprint density at radius 2 is 2.06 bits per heavy atom. The molecule has 1 rings (SSSR count). The first-order valence-corrected chi connectivity index (χ1v) is 6.62. The summed E-state index contributed by atoms with van der Waals surface area (Å²) in [6.07, 6.45) is 4.27. The molecular weight excluding hydrogens is 228 g/mol. The van der Waals surface area contributed by atoms with E-state index in [1.165, 1.54) is 0 Å². The topological polar surface area (TPSA) is 64.1 Å². The average molecular weight is 252 g/mol. The lowest BCUT2D eigenvalue weighted by molar-refractivity contribution is -0.133. The zero-order chi connectivity index (χ0) is 13.7. The molecule has 1 aromatic rings. The number of likely N-dealkylation sites (N-methyl/N-ethyl adjacent to an activating group) is 1. The van der Waals surface area contributed by atoms with Crippen LogP contribution < -0.4 is 5.73 Å². The molecule has 0 saturated heterocycles. The number of rotatable bonds is 6. The van der Waals surface area contributed by atoms with Crippen molar-refractivity contribution in [1.29, 1.82) is 0 Å². The predicted molar refractivity (Wildman–Crippen MR) is 72.1 cm³/mol.